The first-order valence-electron chi connectivity index (χ1n) is 10.3. The molecule has 28 heavy (non-hydrogen) atoms. The van der Waals surface area contributed by atoms with Gasteiger partial charge in [-0.1, -0.05) is 31.9 Å². The predicted octanol–water partition coefficient (Wildman–Crippen LogP) is 4.67. The number of ketones is 1. The van der Waals surface area contributed by atoms with Crippen LogP contribution in [0.25, 0.3) is 11.5 Å². The number of nitrogens with zero attached hydrogens (tertiary/aromatic N) is 1. The molecule has 0 spiro atoms. The number of hydrogen-bond acceptors (Lipinski definition) is 5. The molecule has 1 aromatic carbocycles. The molecule has 0 N–H and O–H groups in total. The summed E-state index contributed by atoms with van der Waals surface area (Å²) in [4.78, 5) is 28.6. The Morgan fingerprint density at radius 3 is 2.71 bits per heavy atom. The molecule has 1 saturated heterocycles. The van der Waals surface area contributed by atoms with Crippen LogP contribution < -0.4 is 0 Å². The average Bonchev–Trinajstić information content (AvgIpc) is 3.39. The van der Waals surface area contributed by atoms with E-state index >= 15 is 0 Å². The molecule has 1 atom stereocenters. The van der Waals surface area contributed by atoms with Gasteiger partial charge in [0.1, 0.15) is 24.1 Å². The van der Waals surface area contributed by atoms with Crippen LogP contribution in [0.3, 0.4) is 0 Å². The number of aryl methyl sites for hydroxylation is 2. The maximum Gasteiger partial charge on any atom is 0.313 e. The molecule has 0 bridgehead atoms. The zero-order chi connectivity index (χ0) is 19.6. The lowest BCUT2D eigenvalue weighted by Gasteiger charge is -2.41. The number of rotatable bonds is 6. The third kappa shape index (κ3) is 3.75. The number of Topliss-reactive ketones (excluding diaryl/α,β-unsaturated/α-hetero) is 1. The fourth-order valence-electron chi connectivity index (χ4n) is 4.90. The van der Waals surface area contributed by atoms with Gasteiger partial charge in [-0.25, -0.2) is 4.98 Å². The summed E-state index contributed by atoms with van der Waals surface area (Å²) in [6, 6.07) is 6.34. The monoisotopic (exact) mass is 381 g/mol. The summed E-state index contributed by atoms with van der Waals surface area (Å²) < 4.78 is 11.4. The molecule has 2 aliphatic rings. The normalized spacial score (nSPS) is 23.2. The van der Waals surface area contributed by atoms with Crippen molar-refractivity contribution in [2.75, 3.05) is 0 Å². The van der Waals surface area contributed by atoms with Crippen molar-refractivity contribution in [3.8, 4) is 11.5 Å². The first kappa shape index (κ1) is 18.9. The summed E-state index contributed by atoms with van der Waals surface area (Å²) in [6.45, 7) is 2.12. The zero-order valence-corrected chi connectivity index (χ0v) is 16.4. The fourth-order valence-corrected chi connectivity index (χ4v) is 4.90. The van der Waals surface area contributed by atoms with E-state index in [2.05, 4.69) is 30.1 Å². The molecule has 1 unspecified atom stereocenters. The van der Waals surface area contributed by atoms with Gasteiger partial charge in [-0.3, -0.25) is 9.59 Å². The Bertz CT molecular complexity index is 833. The maximum absolute atomic E-state index is 12.2. The molecule has 1 aromatic heterocycles. The van der Waals surface area contributed by atoms with Gasteiger partial charge >= 0.3 is 5.97 Å². The first-order valence-corrected chi connectivity index (χ1v) is 10.3. The second kappa shape index (κ2) is 7.90. The number of carbonyl (C=O) groups is 2. The van der Waals surface area contributed by atoms with Crippen molar-refractivity contribution < 1.29 is 18.7 Å². The van der Waals surface area contributed by atoms with Crippen LogP contribution in [0.2, 0.25) is 0 Å². The summed E-state index contributed by atoms with van der Waals surface area (Å²) in [7, 11) is 0. The highest BCUT2D eigenvalue weighted by Gasteiger charge is 2.47. The largest absolute Gasteiger partial charge is 0.458 e. The number of esters is 1. The SMILES string of the molecule is CCc1cc(CCC2(C3CCCC3)CC(=O)CC(=O)O2)ccc1-c1ncco1. The molecule has 1 aliphatic carbocycles. The Morgan fingerprint density at radius 2 is 2.04 bits per heavy atom. The van der Waals surface area contributed by atoms with Gasteiger partial charge in [0.15, 0.2) is 0 Å². The number of hydrogen-bond donors (Lipinski definition) is 0. The quantitative estimate of drug-likeness (QED) is 0.537. The lowest BCUT2D eigenvalue weighted by molar-refractivity contribution is -0.178. The van der Waals surface area contributed by atoms with Crippen LogP contribution in [-0.2, 0) is 27.2 Å². The van der Waals surface area contributed by atoms with Crippen molar-refractivity contribution in [1.29, 1.82) is 0 Å². The van der Waals surface area contributed by atoms with Gasteiger partial charge in [0.25, 0.3) is 0 Å². The van der Waals surface area contributed by atoms with Crippen LogP contribution >= 0.6 is 0 Å². The van der Waals surface area contributed by atoms with E-state index in [4.69, 9.17) is 9.15 Å². The molecular weight excluding hydrogens is 354 g/mol. The van der Waals surface area contributed by atoms with Crippen molar-refractivity contribution in [1.82, 2.24) is 4.98 Å². The van der Waals surface area contributed by atoms with Crippen LogP contribution in [0.15, 0.2) is 35.1 Å². The van der Waals surface area contributed by atoms with Gasteiger partial charge in [0.05, 0.1) is 6.20 Å². The molecule has 5 nitrogen and oxygen atoms in total. The highest BCUT2D eigenvalue weighted by molar-refractivity contribution is 5.98. The van der Waals surface area contributed by atoms with Crippen molar-refractivity contribution in [2.24, 2.45) is 5.92 Å². The molecule has 0 radical (unpaired) electrons. The third-order valence-electron chi connectivity index (χ3n) is 6.30. The van der Waals surface area contributed by atoms with E-state index in [0.29, 0.717) is 24.7 Å². The van der Waals surface area contributed by atoms with Crippen LogP contribution in [0.5, 0.6) is 0 Å². The van der Waals surface area contributed by atoms with Gasteiger partial charge in [0.2, 0.25) is 5.89 Å². The fraction of sp³-hybridized carbons (Fsp3) is 0.522. The van der Waals surface area contributed by atoms with E-state index < -0.39 is 5.60 Å². The van der Waals surface area contributed by atoms with Crippen molar-refractivity contribution in [3.63, 3.8) is 0 Å². The average molecular weight is 381 g/mol. The molecule has 2 fully saturated rings. The minimum atomic E-state index is -0.615. The van der Waals surface area contributed by atoms with Gasteiger partial charge < -0.3 is 9.15 Å². The molecule has 1 saturated carbocycles. The Hall–Kier alpha value is -2.43. The van der Waals surface area contributed by atoms with E-state index in [1.54, 1.807) is 12.5 Å². The molecule has 0 amide bonds. The molecule has 2 aromatic rings. The van der Waals surface area contributed by atoms with Crippen LogP contribution in [0.4, 0.5) is 0 Å². The van der Waals surface area contributed by atoms with Crippen LogP contribution in [-0.4, -0.2) is 22.3 Å². The highest BCUT2D eigenvalue weighted by atomic mass is 16.6. The second-order valence-electron chi connectivity index (χ2n) is 8.09. The first-order chi connectivity index (χ1) is 13.6. The summed E-state index contributed by atoms with van der Waals surface area (Å²) in [5, 5.41) is 0. The molecule has 148 valence electrons. The van der Waals surface area contributed by atoms with Gasteiger partial charge in [-0.05, 0) is 55.2 Å². The molecule has 5 heteroatoms. The number of oxazole rings is 1. The smallest absolute Gasteiger partial charge is 0.313 e. The lowest BCUT2D eigenvalue weighted by Crippen LogP contribution is -2.48. The van der Waals surface area contributed by atoms with Crippen molar-refractivity contribution >= 4 is 11.8 Å². The lowest BCUT2D eigenvalue weighted by atomic mass is 9.76. The standard InChI is InChI=1S/C23H27NO4/c1-2-17-13-16(7-8-20(17)22-24-11-12-27-22)9-10-23(18-5-3-4-6-18)15-19(25)14-21(26)28-23/h7-8,11-13,18H,2-6,9-10,14-15H2,1H3. The van der Waals surface area contributed by atoms with Crippen molar-refractivity contribution in [3.05, 3.63) is 41.8 Å². The topological polar surface area (TPSA) is 69.4 Å². The minimum absolute atomic E-state index is 0.0247. The van der Waals surface area contributed by atoms with Crippen LogP contribution in [0.1, 0.15) is 63.0 Å². The Balaban J connectivity index is 1.55. The van der Waals surface area contributed by atoms with Gasteiger partial charge in [-0.2, -0.15) is 0 Å². The number of ether oxygens (including phenoxy) is 1. The summed E-state index contributed by atoms with van der Waals surface area (Å²) in [5.74, 6) is 0.615. The Kier molecular flexibility index (Phi) is 5.33. The summed E-state index contributed by atoms with van der Waals surface area (Å²) in [6.07, 6.45) is 10.3. The number of aromatic nitrogens is 1. The van der Waals surface area contributed by atoms with E-state index in [1.807, 2.05) is 0 Å². The van der Waals surface area contributed by atoms with E-state index in [1.165, 1.54) is 11.1 Å². The zero-order valence-electron chi connectivity index (χ0n) is 16.4. The molecule has 2 heterocycles. The van der Waals surface area contributed by atoms with Gasteiger partial charge in [0, 0.05) is 12.0 Å². The van der Waals surface area contributed by atoms with Crippen LogP contribution in [0, 0.1) is 5.92 Å². The Labute approximate surface area is 165 Å². The molecule has 4 rings (SSSR count). The molecule has 1 aliphatic heterocycles. The van der Waals surface area contributed by atoms with Gasteiger partial charge in [-0.15, -0.1) is 0 Å². The second-order valence-corrected chi connectivity index (χ2v) is 8.09. The minimum Gasteiger partial charge on any atom is -0.458 e. The highest BCUT2D eigenvalue weighted by Crippen LogP contribution is 2.44. The Morgan fingerprint density at radius 1 is 1.21 bits per heavy atom. The third-order valence-corrected chi connectivity index (χ3v) is 6.30. The van der Waals surface area contributed by atoms with E-state index in [-0.39, 0.29) is 18.2 Å². The van der Waals surface area contributed by atoms with E-state index in [9.17, 15) is 9.59 Å². The number of carbonyl (C=O) groups excluding carboxylic acids is 2. The summed E-state index contributed by atoms with van der Waals surface area (Å²) in [5.41, 5.74) is 2.78. The summed E-state index contributed by atoms with van der Waals surface area (Å²) >= 11 is 0. The number of benzene rings is 1. The molecular formula is C23H27NO4. The van der Waals surface area contributed by atoms with Crippen molar-refractivity contribution in [2.45, 2.75) is 70.3 Å². The van der Waals surface area contributed by atoms with E-state index in [0.717, 1.165) is 44.1 Å². The number of cyclic esters (lactones) is 1. The predicted molar refractivity (Wildman–Crippen MR) is 105 cm³/mol. The maximum atomic E-state index is 12.2.